The fraction of sp³-hybridized carbons (Fsp3) is 0.429. The predicted octanol–water partition coefficient (Wildman–Crippen LogP) is -0.0814. The standard InChI is InChI=1S/C14H18N2O5/c1-2-10(7-17)16-14(19)13(18)15-6-9-3-4-11-12(5-9)21-8-20-11/h3-5,10,17H,2,6-8H2,1H3,(H,15,18)(H,16,19). The van der Waals surface area contributed by atoms with Crippen LogP contribution in [-0.4, -0.2) is 36.4 Å². The monoisotopic (exact) mass is 294 g/mol. The van der Waals surface area contributed by atoms with Gasteiger partial charge in [0.2, 0.25) is 6.79 Å². The van der Waals surface area contributed by atoms with Gasteiger partial charge >= 0.3 is 11.8 Å². The maximum absolute atomic E-state index is 11.7. The molecule has 1 aromatic rings. The highest BCUT2D eigenvalue weighted by Crippen LogP contribution is 2.32. The molecule has 0 radical (unpaired) electrons. The van der Waals surface area contributed by atoms with E-state index in [1.807, 2.05) is 6.92 Å². The van der Waals surface area contributed by atoms with Crippen molar-refractivity contribution < 1.29 is 24.2 Å². The third kappa shape index (κ3) is 3.85. The SMILES string of the molecule is CCC(CO)NC(=O)C(=O)NCc1ccc2c(c1)OCO2. The molecule has 0 aliphatic carbocycles. The molecular weight excluding hydrogens is 276 g/mol. The van der Waals surface area contributed by atoms with Crippen LogP contribution in [0.5, 0.6) is 11.5 Å². The van der Waals surface area contributed by atoms with Gasteiger partial charge in [-0.2, -0.15) is 0 Å². The van der Waals surface area contributed by atoms with E-state index in [1.54, 1.807) is 18.2 Å². The Bertz CT molecular complexity index is 528. The van der Waals surface area contributed by atoms with Gasteiger partial charge in [0.15, 0.2) is 11.5 Å². The Labute approximate surface area is 122 Å². The summed E-state index contributed by atoms with van der Waals surface area (Å²) in [5.41, 5.74) is 0.801. The van der Waals surface area contributed by atoms with Crippen LogP contribution in [0.1, 0.15) is 18.9 Å². The van der Waals surface area contributed by atoms with E-state index in [2.05, 4.69) is 10.6 Å². The second kappa shape index (κ2) is 6.94. The lowest BCUT2D eigenvalue weighted by atomic mass is 10.2. The molecule has 1 atom stereocenters. The van der Waals surface area contributed by atoms with E-state index in [0.717, 1.165) is 5.56 Å². The highest BCUT2D eigenvalue weighted by Gasteiger charge is 2.17. The Balaban J connectivity index is 1.85. The van der Waals surface area contributed by atoms with Gasteiger partial charge in [-0.15, -0.1) is 0 Å². The van der Waals surface area contributed by atoms with Crippen molar-refractivity contribution in [3.05, 3.63) is 23.8 Å². The molecule has 0 aromatic heterocycles. The summed E-state index contributed by atoms with van der Waals surface area (Å²) in [6, 6.07) is 4.88. The van der Waals surface area contributed by atoms with Gasteiger partial charge in [0.1, 0.15) is 0 Å². The lowest BCUT2D eigenvalue weighted by Gasteiger charge is -2.13. The van der Waals surface area contributed by atoms with Crippen molar-refractivity contribution in [3.8, 4) is 11.5 Å². The van der Waals surface area contributed by atoms with E-state index >= 15 is 0 Å². The number of hydrogen-bond acceptors (Lipinski definition) is 5. The first-order valence-corrected chi connectivity index (χ1v) is 6.72. The van der Waals surface area contributed by atoms with Gasteiger partial charge < -0.3 is 25.2 Å². The number of fused-ring (bicyclic) bond motifs is 1. The largest absolute Gasteiger partial charge is 0.454 e. The van der Waals surface area contributed by atoms with Crippen molar-refractivity contribution >= 4 is 11.8 Å². The second-order valence-electron chi connectivity index (χ2n) is 4.63. The summed E-state index contributed by atoms with van der Waals surface area (Å²) >= 11 is 0. The molecule has 1 aliphatic heterocycles. The quantitative estimate of drug-likeness (QED) is 0.660. The molecule has 3 N–H and O–H groups in total. The van der Waals surface area contributed by atoms with Gasteiger partial charge in [0.25, 0.3) is 0 Å². The number of benzene rings is 1. The summed E-state index contributed by atoms with van der Waals surface area (Å²) in [7, 11) is 0. The molecule has 7 heteroatoms. The predicted molar refractivity (Wildman–Crippen MR) is 73.7 cm³/mol. The Morgan fingerprint density at radius 3 is 2.76 bits per heavy atom. The van der Waals surface area contributed by atoms with Crippen LogP contribution in [0.25, 0.3) is 0 Å². The molecule has 0 saturated carbocycles. The highest BCUT2D eigenvalue weighted by atomic mass is 16.7. The van der Waals surface area contributed by atoms with Gasteiger partial charge in [-0.1, -0.05) is 13.0 Å². The normalized spacial score (nSPS) is 13.6. The Hall–Kier alpha value is -2.28. The zero-order chi connectivity index (χ0) is 15.2. The molecular formula is C14H18N2O5. The minimum Gasteiger partial charge on any atom is -0.454 e. The third-order valence-corrected chi connectivity index (χ3v) is 3.14. The summed E-state index contributed by atoms with van der Waals surface area (Å²) in [6.07, 6.45) is 0.553. The lowest BCUT2D eigenvalue weighted by molar-refractivity contribution is -0.139. The first-order valence-electron chi connectivity index (χ1n) is 6.72. The minimum atomic E-state index is -0.753. The summed E-state index contributed by atoms with van der Waals surface area (Å²) in [5.74, 6) is -0.203. The van der Waals surface area contributed by atoms with Crippen LogP contribution in [-0.2, 0) is 16.1 Å². The molecule has 0 fully saturated rings. The molecule has 1 aromatic carbocycles. The number of hydrogen-bond donors (Lipinski definition) is 3. The molecule has 1 heterocycles. The van der Waals surface area contributed by atoms with Crippen molar-refractivity contribution in [1.29, 1.82) is 0 Å². The zero-order valence-corrected chi connectivity index (χ0v) is 11.7. The van der Waals surface area contributed by atoms with Crippen LogP contribution < -0.4 is 20.1 Å². The molecule has 0 saturated heterocycles. The van der Waals surface area contributed by atoms with E-state index < -0.39 is 17.9 Å². The second-order valence-corrected chi connectivity index (χ2v) is 4.63. The number of nitrogens with one attached hydrogen (secondary N) is 2. The minimum absolute atomic E-state index is 0.188. The maximum atomic E-state index is 11.7. The number of amides is 2. The smallest absolute Gasteiger partial charge is 0.309 e. The average molecular weight is 294 g/mol. The van der Waals surface area contributed by atoms with Crippen molar-refractivity contribution in [3.63, 3.8) is 0 Å². The van der Waals surface area contributed by atoms with Crippen LogP contribution in [0.4, 0.5) is 0 Å². The Kier molecular flexibility index (Phi) is 4.99. The Morgan fingerprint density at radius 1 is 1.29 bits per heavy atom. The zero-order valence-electron chi connectivity index (χ0n) is 11.7. The van der Waals surface area contributed by atoms with Gasteiger partial charge in [-0.25, -0.2) is 0 Å². The first-order chi connectivity index (χ1) is 10.1. The van der Waals surface area contributed by atoms with Crippen LogP contribution >= 0.6 is 0 Å². The van der Waals surface area contributed by atoms with Crippen LogP contribution in [0, 0.1) is 0 Å². The lowest BCUT2D eigenvalue weighted by Crippen LogP contribution is -2.45. The topological polar surface area (TPSA) is 96.9 Å². The number of ether oxygens (including phenoxy) is 2. The van der Waals surface area contributed by atoms with E-state index in [0.29, 0.717) is 17.9 Å². The summed E-state index contributed by atoms with van der Waals surface area (Å²) in [4.78, 5) is 23.3. The summed E-state index contributed by atoms with van der Waals surface area (Å²) < 4.78 is 10.4. The van der Waals surface area contributed by atoms with Crippen molar-refractivity contribution in [1.82, 2.24) is 10.6 Å². The van der Waals surface area contributed by atoms with E-state index in [9.17, 15) is 9.59 Å². The molecule has 1 unspecified atom stereocenters. The fourth-order valence-corrected chi connectivity index (χ4v) is 1.84. The van der Waals surface area contributed by atoms with Crippen LogP contribution in [0.15, 0.2) is 18.2 Å². The molecule has 2 rings (SSSR count). The van der Waals surface area contributed by atoms with Crippen molar-refractivity contribution in [2.45, 2.75) is 25.9 Å². The Morgan fingerprint density at radius 2 is 2.05 bits per heavy atom. The van der Waals surface area contributed by atoms with E-state index in [4.69, 9.17) is 14.6 Å². The first kappa shape index (κ1) is 15.1. The van der Waals surface area contributed by atoms with Crippen molar-refractivity contribution in [2.75, 3.05) is 13.4 Å². The summed E-state index contributed by atoms with van der Waals surface area (Å²) in [5, 5.41) is 13.9. The maximum Gasteiger partial charge on any atom is 0.309 e. The molecule has 21 heavy (non-hydrogen) atoms. The summed E-state index contributed by atoms with van der Waals surface area (Å²) in [6.45, 7) is 2.01. The number of carbonyl (C=O) groups excluding carboxylic acids is 2. The number of carbonyl (C=O) groups is 2. The number of aliphatic hydroxyl groups is 1. The molecule has 0 bridgehead atoms. The van der Waals surface area contributed by atoms with Crippen molar-refractivity contribution in [2.24, 2.45) is 0 Å². The molecule has 114 valence electrons. The molecule has 7 nitrogen and oxygen atoms in total. The van der Waals surface area contributed by atoms with Gasteiger partial charge in [-0.05, 0) is 24.1 Å². The van der Waals surface area contributed by atoms with Gasteiger partial charge in [-0.3, -0.25) is 9.59 Å². The van der Waals surface area contributed by atoms with E-state index in [1.165, 1.54) is 0 Å². The van der Waals surface area contributed by atoms with E-state index in [-0.39, 0.29) is 19.9 Å². The number of rotatable bonds is 5. The fourth-order valence-electron chi connectivity index (χ4n) is 1.84. The number of aliphatic hydroxyl groups excluding tert-OH is 1. The van der Waals surface area contributed by atoms with Gasteiger partial charge in [0.05, 0.1) is 12.6 Å². The van der Waals surface area contributed by atoms with Gasteiger partial charge in [0, 0.05) is 6.54 Å². The average Bonchev–Trinajstić information content (AvgIpc) is 2.97. The molecule has 0 spiro atoms. The molecule has 2 amide bonds. The van der Waals surface area contributed by atoms with Crippen LogP contribution in [0.3, 0.4) is 0 Å². The third-order valence-electron chi connectivity index (χ3n) is 3.14. The highest BCUT2D eigenvalue weighted by molar-refractivity contribution is 6.35. The van der Waals surface area contributed by atoms with Crippen LogP contribution in [0.2, 0.25) is 0 Å². The molecule has 1 aliphatic rings.